The lowest BCUT2D eigenvalue weighted by Crippen LogP contribution is -2.54. The van der Waals surface area contributed by atoms with Crippen LogP contribution < -0.4 is 11.1 Å². The first-order chi connectivity index (χ1) is 10.00. The van der Waals surface area contributed by atoms with Gasteiger partial charge >= 0.3 is 5.97 Å². The fourth-order valence-corrected chi connectivity index (χ4v) is 2.62. The summed E-state index contributed by atoms with van der Waals surface area (Å²) in [6.45, 7) is 2.86. The van der Waals surface area contributed by atoms with Gasteiger partial charge in [-0.05, 0) is 46.3 Å². The zero-order valence-electron chi connectivity index (χ0n) is 13.0. The summed E-state index contributed by atoms with van der Waals surface area (Å²) in [5.74, 6) is 0.139. The van der Waals surface area contributed by atoms with E-state index in [-0.39, 0.29) is 5.54 Å². The van der Waals surface area contributed by atoms with Crippen LogP contribution in [0.2, 0.25) is 0 Å². The molecule has 1 saturated carbocycles. The van der Waals surface area contributed by atoms with E-state index in [1.165, 1.54) is 6.42 Å². The lowest BCUT2D eigenvalue weighted by atomic mass is 9.75. The van der Waals surface area contributed by atoms with Crippen LogP contribution in [0.4, 0.5) is 11.5 Å². The van der Waals surface area contributed by atoms with Crippen LogP contribution >= 0.6 is 0 Å². The van der Waals surface area contributed by atoms with Crippen LogP contribution in [0.15, 0.2) is 12.3 Å². The Kier molecular flexibility index (Phi) is 4.67. The van der Waals surface area contributed by atoms with Crippen LogP contribution in [0.5, 0.6) is 0 Å². The molecule has 1 aromatic heterocycles. The molecule has 1 fully saturated rings. The Morgan fingerprint density at radius 3 is 2.76 bits per heavy atom. The lowest BCUT2D eigenvalue weighted by molar-refractivity contribution is 0.0527. The number of nitrogens with one attached hydrogen (secondary N) is 1. The van der Waals surface area contributed by atoms with E-state index in [1.807, 2.05) is 0 Å². The van der Waals surface area contributed by atoms with E-state index in [4.69, 9.17) is 10.5 Å². The van der Waals surface area contributed by atoms with E-state index in [2.05, 4.69) is 29.3 Å². The summed E-state index contributed by atoms with van der Waals surface area (Å²) < 4.78 is 5.00. The number of esters is 1. The SMILES string of the molecule is CCOC(=O)c1ccnc(NCC2(N(C)C)CCC2)c1N. The molecule has 0 bridgehead atoms. The number of hydrogen-bond acceptors (Lipinski definition) is 6. The summed E-state index contributed by atoms with van der Waals surface area (Å²) in [5, 5.41) is 3.29. The second kappa shape index (κ2) is 6.30. The number of likely N-dealkylation sites (N-methyl/N-ethyl adjacent to an activating group) is 1. The number of nitrogens with zero attached hydrogens (tertiary/aromatic N) is 2. The third kappa shape index (κ3) is 3.10. The highest BCUT2D eigenvalue weighted by molar-refractivity contribution is 5.97. The average Bonchev–Trinajstić information content (AvgIpc) is 2.39. The predicted molar refractivity (Wildman–Crippen MR) is 83.4 cm³/mol. The number of aromatic nitrogens is 1. The van der Waals surface area contributed by atoms with Gasteiger partial charge in [0.05, 0.1) is 17.9 Å². The zero-order chi connectivity index (χ0) is 15.5. The summed E-state index contributed by atoms with van der Waals surface area (Å²) in [6.07, 6.45) is 5.13. The van der Waals surface area contributed by atoms with E-state index < -0.39 is 5.97 Å². The minimum absolute atomic E-state index is 0.161. The first-order valence-corrected chi connectivity index (χ1v) is 7.33. The monoisotopic (exact) mass is 292 g/mol. The molecule has 6 heteroatoms. The van der Waals surface area contributed by atoms with Crippen molar-refractivity contribution in [3.05, 3.63) is 17.8 Å². The highest BCUT2D eigenvalue weighted by Crippen LogP contribution is 2.36. The Morgan fingerprint density at radius 2 is 2.24 bits per heavy atom. The standard InChI is InChI=1S/C15H24N4O2/c1-4-21-14(20)11-6-9-17-13(12(11)16)18-10-15(19(2)3)7-5-8-15/h6,9H,4-5,7-8,10,16H2,1-3H3,(H,17,18). The van der Waals surface area contributed by atoms with Crippen molar-refractivity contribution in [1.82, 2.24) is 9.88 Å². The van der Waals surface area contributed by atoms with Crippen LogP contribution in [0.3, 0.4) is 0 Å². The van der Waals surface area contributed by atoms with Gasteiger partial charge in [0, 0.05) is 18.3 Å². The summed E-state index contributed by atoms with van der Waals surface area (Å²) in [6, 6.07) is 1.59. The molecule has 0 aromatic carbocycles. The third-order valence-corrected chi connectivity index (χ3v) is 4.30. The molecule has 1 heterocycles. The number of nitrogen functional groups attached to an aromatic ring is 1. The predicted octanol–water partition coefficient (Wildman–Crippen LogP) is 1.74. The topological polar surface area (TPSA) is 80.5 Å². The van der Waals surface area contributed by atoms with Crippen molar-refractivity contribution in [3.8, 4) is 0 Å². The van der Waals surface area contributed by atoms with Gasteiger partial charge in [-0.2, -0.15) is 0 Å². The highest BCUT2D eigenvalue weighted by atomic mass is 16.5. The fraction of sp³-hybridized carbons (Fsp3) is 0.600. The molecular formula is C15H24N4O2. The van der Waals surface area contributed by atoms with Gasteiger partial charge in [0.1, 0.15) is 5.82 Å². The smallest absolute Gasteiger partial charge is 0.340 e. The van der Waals surface area contributed by atoms with Crippen molar-refractivity contribution in [3.63, 3.8) is 0 Å². The molecule has 3 N–H and O–H groups in total. The van der Waals surface area contributed by atoms with Gasteiger partial charge in [-0.1, -0.05) is 0 Å². The van der Waals surface area contributed by atoms with Gasteiger partial charge in [-0.25, -0.2) is 9.78 Å². The van der Waals surface area contributed by atoms with Gasteiger partial charge in [0.15, 0.2) is 0 Å². The molecule has 0 aliphatic heterocycles. The Morgan fingerprint density at radius 1 is 1.52 bits per heavy atom. The van der Waals surface area contributed by atoms with Crippen molar-refractivity contribution in [2.45, 2.75) is 31.7 Å². The van der Waals surface area contributed by atoms with Gasteiger partial charge in [0.2, 0.25) is 0 Å². The normalized spacial score (nSPS) is 16.4. The molecule has 1 aliphatic carbocycles. The number of pyridine rings is 1. The molecule has 0 amide bonds. The van der Waals surface area contributed by atoms with Crippen LogP contribution in [0.1, 0.15) is 36.5 Å². The zero-order valence-corrected chi connectivity index (χ0v) is 13.0. The van der Waals surface area contributed by atoms with Crippen LogP contribution in [0, 0.1) is 0 Å². The Bertz CT molecular complexity index is 512. The first kappa shape index (κ1) is 15.6. The number of carbonyl (C=O) groups is 1. The lowest BCUT2D eigenvalue weighted by Gasteiger charge is -2.47. The van der Waals surface area contributed by atoms with Gasteiger partial charge < -0.3 is 20.7 Å². The van der Waals surface area contributed by atoms with Gasteiger partial charge in [-0.15, -0.1) is 0 Å². The van der Waals surface area contributed by atoms with Crippen LogP contribution in [0.25, 0.3) is 0 Å². The average molecular weight is 292 g/mol. The highest BCUT2D eigenvalue weighted by Gasteiger charge is 2.38. The second-order valence-electron chi connectivity index (χ2n) is 5.67. The first-order valence-electron chi connectivity index (χ1n) is 7.33. The molecule has 1 aliphatic rings. The molecule has 0 atom stereocenters. The quantitative estimate of drug-likeness (QED) is 0.777. The van der Waals surface area contributed by atoms with Crippen molar-refractivity contribution < 1.29 is 9.53 Å². The Balaban J connectivity index is 2.10. The third-order valence-electron chi connectivity index (χ3n) is 4.30. The number of carbonyl (C=O) groups excluding carboxylic acids is 1. The largest absolute Gasteiger partial charge is 0.462 e. The molecular weight excluding hydrogens is 268 g/mol. The van der Waals surface area contributed by atoms with E-state index in [1.54, 1.807) is 19.2 Å². The number of ether oxygens (including phenoxy) is 1. The van der Waals surface area contributed by atoms with Crippen molar-refractivity contribution in [1.29, 1.82) is 0 Å². The molecule has 2 rings (SSSR count). The minimum Gasteiger partial charge on any atom is -0.462 e. The number of anilines is 2. The fourth-order valence-electron chi connectivity index (χ4n) is 2.62. The minimum atomic E-state index is -0.411. The maximum absolute atomic E-state index is 11.8. The summed E-state index contributed by atoms with van der Waals surface area (Å²) in [7, 11) is 4.18. The molecule has 0 unspecified atom stereocenters. The number of hydrogen-bond donors (Lipinski definition) is 2. The molecule has 116 valence electrons. The summed E-state index contributed by atoms with van der Waals surface area (Å²) in [4.78, 5) is 18.3. The molecule has 6 nitrogen and oxygen atoms in total. The Hall–Kier alpha value is -1.82. The van der Waals surface area contributed by atoms with Gasteiger partial charge in [0.25, 0.3) is 0 Å². The summed E-state index contributed by atoms with van der Waals surface area (Å²) >= 11 is 0. The Labute approximate surface area is 125 Å². The molecule has 1 aromatic rings. The van der Waals surface area contributed by atoms with E-state index in [0.29, 0.717) is 23.7 Å². The van der Waals surface area contributed by atoms with Crippen molar-refractivity contribution >= 4 is 17.5 Å². The molecule has 0 saturated heterocycles. The number of rotatable bonds is 6. The number of nitrogens with two attached hydrogens (primary N) is 1. The van der Waals surface area contributed by atoms with Crippen LogP contribution in [-0.2, 0) is 4.74 Å². The summed E-state index contributed by atoms with van der Waals surface area (Å²) in [5.41, 5.74) is 6.91. The van der Waals surface area contributed by atoms with E-state index in [0.717, 1.165) is 19.4 Å². The second-order valence-corrected chi connectivity index (χ2v) is 5.67. The molecule has 0 radical (unpaired) electrons. The van der Waals surface area contributed by atoms with E-state index in [9.17, 15) is 4.79 Å². The van der Waals surface area contributed by atoms with Gasteiger partial charge in [-0.3, -0.25) is 0 Å². The maximum atomic E-state index is 11.8. The van der Waals surface area contributed by atoms with Crippen LogP contribution in [-0.4, -0.2) is 48.6 Å². The molecule has 0 spiro atoms. The molecule has 21 heavy (non-hydrogen) atoms. The van der Waals surface area contributed by atoms with E-state index >= 15 is 0 Å². The van der Waals surface area contributed by atoms with Crippen molar-refractivity contribution in [2.24, 2.45) is 0 Å². The van der Waals surface area contributed by atoms with Crippen molar-refractivity contribution in [2.75, 3.05) is 38.3 Å². The maximum Gasteiger partial charge on any atom is 0.340 e.